The molecule has 1 fully saturated rings. The van der Waals surface area contributed by atoms with Gasteiger partial charge in [-0.15, -0.1) is 0 Å². The molecule has 4 rings (SSSR count). The lowest BCUT2D eigenvalue weighted by molar-refractivity contribution is 0.0303. The van der Waals surface area contributed by atoms with Crippen LogP contribution in [0.25, 0.3) is 11.1 Å². The van der Waals surface area contributed by atoms with Crippen molar-refractivity contribution >= 4 is 27.7 Å². The van der Waals surface area contributed by atoms with Gasteiger partial charge in [-0.05, 0) is 41.5 Å². The van der Waals surface area contributed by atoms with Crippen molar-refractivity contribution in [1.29, 1.82) is 0 Å². The Hall–Kier alpha value is -3.80. The number of primary sulfonamides is 1. The number of sulfonamides is 1. The Morgan fingerprint density at radius 2 is 1.66 bits per heavy atom. The van der Waals surface area contributed by atoms with Gasteiger partial charge in [-0.1, -0.05) is 24.3 Å². The minimum Gasteiger partial charge on any atom is -0.383 e. The molecule has 0 bridgehead atoms. The molecule has 5 N–H and O–H groups in total. The number of carbonyl (C=O) groups is 2. The van der Waals surface area contributed by atoms with Crippen molar-refractivity contribution in [3.05, 3.63) is 77.5 Å². The Morgan fingerprint density at radius 3 is 2.29 bits per heavy atom. The van der Waals surface area contributed by atoms with E-state index in [2.05, 4.69) is 10.3 Å². The summed E-state index contributed by atoms with van der Waals surface area (Å²) in [7, 11) is -3.78. The Kier molecular flexibility index (Phi) is 7.10. The first kappa shape index (κ1) is 24.3. The largest absolute Gasteiger partial charge is 0.383 e. The van der Waals surface area contributed by atoms with Crippen molar-refractivity contribution in [2.24, 2.45) is 5.14 Å². The molecular weight excluding hydrogens is 470 g/mol. The number of hydrogen-bond donors (Lipinski definition) is 3. The van der Waals surface area contributed by atoms with E-state index in [9.17, 15) is 18.0 Å². The summed E-state index contributed by atoms with van der Waals surface area (Å²) in [5.41, 5.74) is 8.86. The predicted molar refractivity (Wildman–Crippen MR) is 130 cm³/mol. The first-order valence-electron chi connectivity index (χ1n) is 10.9. The van der Waals surface area contributed by atoms with Crippen molar-refractivity contribution in [3.8, 4) is 11.1 Å². The summed E-state index contributed by atoms with van der Waals surface area (Å²) < 4.78 is 28.0. The third kappa shape index (κ3) is 5.83. The normalized spacial score (nSPS) is 13.9. The second-order valence-electron chi connectivity index (χ2n) is 8.01. The van der Waals surface area contributed by atoms with E-state index in [0.29, 0.717) is 43.0 Å². The molecule has 0 spiro atoms. The maximum Gasteiger partial charge on any atom is 0.255 e. The van der Waals surface area contributed by atoms with Crippen molar-refractivity contribution < 1.29 is 22.7 Å². The van der Waals surface area contributed by atoms with Gasteiger partial charge in [-0.3, -0.25) is 9.59 Å². The number of hydrogen-bond acceptors (Lipinski definition) is 7. The van der Waals surface area contributed by atoms with E-state index in [-0.39, 0.29) is 28.7 Å². The highest BCUT2D eigenvalue weighted by atomic mass is 32.2. The number of rotatable bonds is 6. The number of carbonyl (C=O) groups excluding carboxylic acids is 2. The molecule has 0 radical (unpaired) electrons. The number of nitrogen functional groups attached to an aromatic ring is 1. The van der Waals surface area contributed by atoms with E-state index in [1.54, 1.807) is 53.6 Å². The van der Waals surface area contributed by atoms with Gasteiger partial charge in [-0.25, -0.2) is 18.5 Å². The maximum atomic E-state index is 12.8. The Bertz CT molecular complexity index is 1340. The van der Waals surface area contributed by atoms with E-state index in [1.807, 2.05) is 0 Å². The molecule has 182 valence electrons. The number of benzene rings is 2. The lowest BCUT2D eigenvalue weighted by atomic mass is 10.0. The zero-order valence-corrected chi connectivity index (χ0v) is 19.6. The van der Waals surface area contributed by atoms with Crippen molar-refractivity contribution in [1.82, 2.24) is 15.2 Å². The van der Waals surface area contributed by atoms with Crippen LogP contribution in [0.15, 0.2) is 65.7 Å². The van der Waals surface area contributed by atoms with Gasteiger partial charge >= 0.3 is 0 Å². The third-order valence-corrected chi connectivity index (χ3v) is 6.56. The number of morpholine rings is 1. The third-order valence-electron chi connectivity index (χ3n) is 5.63. The number of ether oxygens (including phenoxy) is 1. The summed E-state index contributed by atoms with van der Waals surface area (Å²) in [6, 6.07) is 14.6. The van der Waals surface area contributed by atoms with Crippen LogP contribution >= 0.6 is 0 Å². The molecule has 3 aromatic rings. The Morgan fingerprint density at radius 1 is 1.00 bits per heavy atom. The van der Waals surface area contributed by atoms with Crippen LogP contribution in [-0.2, 0) is 21.3 Å². The van der Waals surface area contributed by atoms with Crippen LogP contribution in [0.4, 0.5) is 5.82 Å². The monoisotopic (exact) mass is 495 g/mol. The molecular formula is C24H25N5O5S. The standard InChI is InChI=1S/C24H25N5O5S/c25-22-21(23(30)28-14-16-1-7-20(8-2-16)35(26,32)33)13-19(15-27-22)17-3-5-18(6-4-17)24(31)29-9-11-34-12-10-29/h1-8,13,15H,9-12,14H2,(H2,25,27)(H,28,30)(H2,26,32,33). The van der Waals surface area contributed by atoms with Crippen LogP contribution in [0.5, 0.6) is 0 Å². The van der Waals surface area contributed by atoms with E-state index in [0.717, 1.165) is 5.56 Å². The van der Waals surface area contributed by atoms with Gasteiger partial charge in [0.05, 0.1) is 23.7 Å². The van der Waals surface area contributed by atoms with Gasteiger partial charge in [0.15, 0.2) is 0 Å². The molecule has 35 heavy (non-hydrogen) atoms. The fourth-order valence-electron chi connectivity index (χ4n) is 3.64. The van der Waals surface area contributed by atoms with Crippen LogP contribution in [0, 0.1) is 0 Å². The van der Waals surface area contributed by atoms with Crippen molar-refractivity contribution in [2.45, 2.75) is 11.4 Å². The highest BCUT2D eigenvalue weighted by molar-refractivity contribution is 7.89. The molecule has 1 saturated heterocycles. The Labute approximate surface area is 203 Å². The molecule has 2 aromatic carbocycles. The number of pyridine rings is 1. The number of nitrogens with zero attached hydrogens (tertiary/aromatic N) is 2. The van der Waals surface area contributed by atoms with Crippen LogP contribution in [0.1, 0.15) is 26.3 Å². The molecule has 1 aromatic heterocycles. The molecule has 11 heteroatoms. The average molecular weight is 496 g/mol. The first-order valence-corrected chi connectivity index (χ1v) is 12.4. The number of aromatic nitrogens is 1. The Balaban J connectivity index is 1.45. The van der Waals surface area contributed by atoms with Gasteiger partial charge in [0, 0.05) is 37.0 Å². The summed E-state index contributed by atoms with van der Waals surface area (Å²) in [4.78, 5) is 31.3. The number of nitrogens with one attached hydrogen (secondary N) is 1. The fraction of sp³-hybridized carbons (Fsp3) is 0.208. The van der Waals surface area contributed by atoms with E-state index in [4.69, 9.17) is 15.6 Å². The number of nitrogens with two attached hydrogens (primary N) is 2. The summed E-state index contributed by atoms with van der Waals surface area (Å²) in [5, 5.41) is 7.85. The molecule has 0 atom stereocenters. The minimum absolute atomic E-state index is 0.00798. The van der Waals surface area contributed by atoms with Crippen LogP contribution in [0.2, 0.25) is 0 Å². The molecule has 1 aliphatic heterocycles. The second kappa shape index (κ2) is 10.2. The highest BCUT2D eigenvalue weighted by Crippen LogP contribution is 2.23. The topological polar surface area (TPSA) is 158 Å². The van der Waals surface area contributed by atoms with E-state index in [1.165, 1.54) is 12.1 Å². The predicted octanol–water partition coefficient (Wildman–Crippen LogP) is 1.38. The van der Waals surface area contributed by atoms with Gasteiger partial charge in [0.1, 0.15) is 5.82 Å². The first-order chi connectivity index (χ1) is 16.7. The molecule has 2 heterocycles. The summed E-state index contributed by atoms with van der Waals surface area (Å²) >= 11 is 0. The van der Waals surface area contributed by atoms with Gasteiger partial charge in [-0.2, -0.15) is 0 Å². The highest BCUT2D eigenvalue weighted by Gasteiger charge is 2.19. The minimum atomic E-state index is -3.78. The SMILES string of the molecule is Nc1ncc(-c2ccc(C(=O)N3CCOCC3)cc2)cc1C(=O)NCc1ccc(S(N)(=O)=O)cc1. The number of anilines is 1. The van der Waals surface area contributed by atoms with Crippen LogP contribution < -0.4 is 16.2 Å². The van der Waals surface area contributed by atoms with Crippen LogP contribution in [-0.4, -0.2) is 56.4 Å². The molecule has 0 unspecified atom stereocenters. The molecule has 0 aliphatic carbocycles. The van der Waals surface area contributed by atoms with Gasteiger partial charge < -0.3 is 20.7 Å². The van der Waals surface area contributed by atoms with Crippen molar-refractivity contribution in [3.63, 3.8) is 0 Å². The molecule has 2 amide bonds. The maximum absolute atomic E-state index is 12.8. The fourth-order valence-corrected chi connectivity index (χ4v) is 4.16. The lowest BCUT2D eigenvalue weighted by Gasteiger charge is -2.26. The summed E-state index contributed by atoms with van der Waals surface area (Å²) in [5.74, 6) is -0.395. The van der Waals surface area contributed by atoms with Gasteiger partial charge in [0.25, 0.3) is 11.8 Å². The zero-order chi connectivity index (χ0) is 25.0. The lowest BCUT2D eigenvalue weighted by Crippen LogP contribution is -2.40. The second-order valence-corrected chi connectivity index (χ2v) is 9.57. The molecule has 10 nitrogen and oxygen atoms in total. The summed E-state index contributed by atoms with van der Waals surface area (Å²) in [6.45, 7) is 2.36. The van der Waals surface area contributed by atoms with Crippen molar-refractivity contribution in [2.75, 3.05) is 32.0 Å². The zero-order valence-electron chi connectivity index (χ0n) is 18.8. The molecule has 0 saturated carbocycles. The smallest absolute Gasteiger partial charge is 0.255 e. The average Bonchev–Trinajstić information content (AvgIpc) is 2.87. The summed E-state index contributed by atoms with van der Waals surface area (Å²) in [6.07, 6.45) is 1.57. The van der Waals surface area contributed by atoms with Gasteiger partial charge in [0.2, 0.25) is 10.0 Å². The van der Waals surface area contributed by atoms with E-state index >= 15 is 0 Å². The number of amides is 2. The molecule has 1 aliphatic rings. The van der Waals surface area contributed by atoms with E-state index < -0.39 is 15.9 Å². The quantitative estimate of drug-likeness (QED) is 0.466. The van der Waals surface area contributed by atoms with Crippen LogP contribution in [0.3, 0.4) is 0 Å².